The van der Waals surface area contributed by atoms with E-state index in [1.165, 1.54) is 22.4 Å². The number of carboxylic acid groups (broad SMARTS) is 1. The summed E-state index contributed by atoms with van der Waals surface area (Å²) in [5.74, 6) is -1.03. The average Bonchev–Trinajstić information content (AvgIpc) is 2.90. The Morgan fingerprint density at radius 1 is 1.08 bits per heavy atom. The molecule has 0 radical (unpaired) electrons. The Morgan fingerprint density at radius 2 is 1.86 bits per heavy atom. The Bertz CT molecular complexity index is 1380. The number of ether oxygens (including phenoxy) is 2. The van der Waals surface area contributed by atoms with Gasteiger partial charge in [-0.2, -0.15) is 0 Å². The average molecular weight is 486 g/mol. The van der Waals surface area contributed by atoms with Crippen LogP contribution in [-0.4, -0.2) is 30.3 Å². The van der Waals surface area contributed by atoms with Gasteiger partial charge in [0.1, 0.15) is 11.9 Å². The molecular weight excluding hydrogens is 457 g/mol. The third-order valence-electron chi connectivity index (χ3n) is 6.74. The van der Waals surface area contributed by atoms with Crippen LogP contribution in [-0.2, 0) is 4.79 Å². The fourth-order valence-electron chi connectivity index (χ4n) is 4.97. The molecule has 0 fully saturated rings. The molecule has 6 heteroatoms. The molecule has 1 unspecified atom stereocenters. The third kappa shape index (κ3) is 5.04. The molecule has 0 bridgehead atoms. The van der Waals surface area contributed by atoms with Gasteiger partial charge in [0.2, 0.25) is 0 Å². The van der Waals surface area contributed by atoms with E-state index < -0.39 is 18.4 Å². The number of nitrogens with one attached hydrogen (secondary N) is 1. The number of carboxylic acids is 1. The zero-order chi connectivity index (χ0) is 25.1. The number of hydrogen-bond acceptors (Lipinski definition) is 4. The molecule has 1 heterocycles. The van der Waals surface area contributed by atoms with Crippen LogP contribution in [0.3, 0.4) is 0 Å². The number of carbonyl (C=O) groups is 1. The summed E-state index contributed by atoms with van der Waals surface area (Å²) < 4.78 is 25.8. The summed E-state index contributed by atoms with van der Waals surface area (Å²) in [6, 6.07) is 27.4. The first-order chi connectivity index (χ1) is 17.5. The van der Waals surface area contributed by atoms with Crippen molar-refractivity contribution in [2.24, 2.45) is 0 Å². The van der Waals surface area contributed by atoms with Crippen molar-refractivity contribution in [3.05, 3.63) is 107 Å². The normalized spacial score (nSPS) is 17.7. The fourth-order valence-corrected chi connectivity index (χ4v) is 4.97. The van der Waals surface area contributed by atoms with E-state index in [1.807, 2.05) is 30.3 Å². The second-order valence-electron chi connectivity index (χ2n) is 9.14. The molecule has 0 aromatic heterocycles. The molecule has 5 nitrogen and oxygen atoms in total. The molecule has 0 aliphatic carbocycles. The van der Waals surface area contributed by atoms with Gasteiger partial charge in [-0.15, -0.1) is 0 Å². The lowest BCUT2D eigenvalue weighted by Gasteiger charge is -2.33. The van der Waals surface area contributed by atoms with Crippen molar-refractivity contribution in [3.8, 4) is 11.5 Å². The Labute approximate surface area is 209 Å². The van der Waals surface area contributed by atoms with Crippen LogP contribution < -0.4 is 14.8 Å². The zero-order valence-corrected chi connectivity index (χ0v) is 20.0. The van der Waals surface area contributed by atoms with E-state index in [0.717, 1.165) is 16.9 Å². The van der Waals surface area contributed by atoms with Crippen molar-refractivity contribution < 1.29 is 23.8 Å². The predicted octanol–water partition coefficient (Wildman–Crippen LogP) is 6.08. The van der Waals surface area contributed by atoms with E-state index in [0.29, 0.717) is 13.0 Å². The van der Waals surface area contributed by atoms with Crippen LogP contribution in [0.15, 0.2) is 84.9 Å². The maximum absolute atomic E-state index is 14.3. The number of rotatable bonds is 8. The number of halogens is 1. The highest BCUT2D eigenvalue weighted by Crippen LogP contribution is 2.41. The van der Waals surface area contributed by atoms with Gasteiger partial charge in [-0.25, -0.2) is 9.18 Å². The van der Waals surface area contributed by atoms with Crippen molar-refractivity contribution in [1.29, 1.82) is 0 Å². The molecule has 0 amide bonds. The molecule has 5 rings (SSSR count). The molecule has 1 aliphatic rings. The quantitative estimate of drug-likeness (QED) is 0.317. The van der Waals surface area contributed by atoms with Crippen LogP contribution in [0.4, 0.5) is 4.39 Å². The number of benzene rings is 4. The van der Waals surface area contributed by atoms with Crippen molar-refractivity contribution in [2.75, 3.05) is 13.2 Å². The highest BCUT2D eigenvalue weighted by atomic mass is 19.1. The van der Waals surface area contributed by atoms with E-state index in [1.54, 1.807) is 12.1 Å². The molecule has 2 N–H and O–H groups in total. The van der Waals surface area contributed by atoms with E-state index in [2.05, 4.69) is 48.6 Å². The first-order valence-electron chi connectivity index (χ1n) is 12.1. The largest absolute Gasteiger partial charge is 0.489 e. The predicted molar refractivity (Wildman–Crippen MR) is 137 cm³/mol. The van der Waals surface area contributed by atoms with Crippen LogP contribution >= 0.6 is 0 Å². The van der Waals surface area contributed by atoms with Crippen LogP contribution in [0.25, 0.3) is 10.8 Å². The Balaban J connectivity index is 1.36. The third-order valence-corrected chi connectivity index (χ3v) is 6.74. The molecule has 4 aromatic carbocycles. The van der Waals surface area contributed by atoms with Gasteiger partial charge >= 0.3 is 5.97 Å². The van der Waals surface area contributed by atoms with Crippen molar-refractivity contribution >= 4 is 16.7 Å². The van der Waals surface area contributed by atoms with Gasteiger partial charge in [-0.05, 0) is 53.4 Å². The first kappa shape index (κ1) is 23.8. The van der Waals surface area contributed by atoms with Crippen LogP contribution in [0.2, 0.25) is 0 Å². The second-order valence-corrected chi connectivity index (χ2v) is 9.14. The van der Waals surface area contributed by atoms with Gasteiger partial charge in [-0.3, -0.25) is 0 Å². The molecule has 4 aromatic rings. The summed E-state index contributed by atoms with van der Waals surface area (Å²) in [5, 5.41) is 15.0. The topological polar surface area (TPSA) is 67.8 Å². The minimum atomic E-state index is -1.15. The smallest absolute Gasteiger partial charge is 0.341 e. The molecule has 0 saturated carbocycles. The number of aliphatic carboxylic acids is 1. The Kier molecular flexibility index (Phi) is 6.87. The van der Waals surface area contributed by atoms with Gasteiger partial charge in [0.25, 0.3) is 0 Å². The molecular formula is C30H28FNO4. The van der Waals surface area contributed by atoms with E-state index >= 15 is 0 Å². The van der Waals surface area contributed by atoms with Crippen LogP contribution in [0, 0.1) is 5.82 Å². The van der Waals surface area contributed by atoms with Crippen LogP contribution in [0.1, 0.15) is 42.0 Å². The summed E-state index contributed by atoms with van der Waals surface area (Å²) >= 11 is 0. The van der Waals surface area contributed by atoms with Crippen molar-refractivity contribution in [3.63, 3.8) is 0 Å². The SMILES string of the molecule is CC(NC[C@H]1C[C@@H](c2ccc(F)c(OCC(=O)O)c2)c2ccccc2O1)c1cccc2ccccc12. The highest BCUT2D eigenvalue weighted by molar-refractivity contribution is 5.86. The maximum atomic E-state index is 14.3. The summed E-state index contributed by atoms with van der Waals surface area (Å²) in [7, 11) is 0. The van der Waals surface area contributed by atoms with Gasteiger partial charge < -0.3 is 19.9 Å². The summed E-state index contributed by atoms with van der Waals surface area (Å²) in [4.78, 5) is 10.9. The van der Waals surface area contributed by atoms with Crippen LogP contribution in [0.5, 0.6) is 11.5 Å². The maximum Gasteiger partial charge on any atom is 0.341 e. The number of fused-ring (bicyclic) bond motifs is 2. The van der Waals surface area contributed by atoms with Gasteiger partial charge in [0.05, 0.1) is 0 Å². The molecule has 36 heavy (non-hydrogen) atoms. The molecule has 1 aliphatic heterocycles. The summed E-state index contributed by atoms with van der Waals surface area (Å²) in [6.45, 7) is 2.20. The first-order valence-corrected chi connectivity index (χ1v) is 12.1. The number of para-hydroxylation sites is 1. The minimum absolute atomic E-state index is 0.0395. The fraction of sp³-hybridized carbons (Fsp3) is 0.233. The molecule has 3 atom stereocenters. The molecule has 184 valence electrons. The van der Waals surface area contributed by atoms with Crippen molar-refractivity contribution in [2.45, 2.75) is 31.4 Å². The van der Waals surface area contributed by atoms with E-state index in [4.69, 9.17) is 14.6 Å². The van der Waals surface area contributed by atoms with E-state index in [-0.39, 0.29) is 23.8 Å². The summed E-state index contributed by atoms with van der Waals surface area (Å²) in [6.07, 6.45) is 0.590. The zero-order valence-electron chi connectivity index (χ0n) is 20.0. The van der Waals surface area contributed by atoms with Crippen molar-refractivity contribution in [1.82, 2.24) is 5.32 Å². The lowest BCUT2D eigenvalue weighted by Crippen LogP contribution is -2.37. The lowest BCUT2D eigenvalue weighted by molar-refractivity contribution is -0.139. The lowest BCUT2D eigenvalue weighted by atomic mass is 9.84. The van der Waals surface area contributed by atoms with Gasteiger partial charge in [0.15, 0.2) is 18.2 Å². The Hall–Kier alpha value is -3.90. The number of hydrogen-bond donors (Lipinski definition) is 2. The minimum Gasteiger partial charge on any atom is -0.489 e. The highest BCUT2D eigenvalue weighted by Gasteiger charge is 2.30. The standard InChI is InChI=1S/C30H28FNO4/c1-19(23-11-6-8-20-7-2-3-9-24(20)23)32-17-22-16-26(25-10-4-5-12-28(25)36-22)21-13-14-27(31)29(15-21)35-18-30(33)34/h2-15,19,22,26,32H,16-18H2,1H3,(H,33,34)/t19?,22-,26+/m1/s1. The molecule has 0 saturated heterocycles. The second kappa shape index (κ2) is 10.4. The molecule has 0 spiro atoms. The monoisotopic (exact) mass is 485 g/mol. The Morgan fingerprint density at radius 3 is 2.72 bits per heavy atom. The van der Waals surface area contributed by atoms with Gasteiger partial charge in [0, 0.05) is 24.1 Å². The van der Waals surface area contributed by atoms with E-state index in [9.17, 15) is 9.18 Å². The summed E-state index contributed by atoms with van der Waals surface area (Å²) in [5.41, 5.74) is 3.12. The van der Waals surface area contributed by atoms with Gasteiger partial charge in [-0.1, -0.05) is 66.7 Å².